The lowest BCUT2D eigenvalue weighted by Gasteiger charge is -2.26. The van der Waals surface area contributed by atoms with Gasteiger partial charge < -0.3 is 15.7 Å². The first-order valence-corrected chi connectivity index (χ1v) is 7.13. The van der Waals surface area contributed by atoms with Gasteiger partial charge in [0, 0.05) is 18.5 Å². The van der Waals surface area contributed by atoms with Gasteiger partial charge in [-0.1, -0.05) is 37.3 Å². The molecule has 21 heavy (non-hydrogen) atoms. The number of carbonyl (C=O) groups excluding carboxylic acids is 1. The molecule has 0 aliphatic carbocycles. The van der Waals surface area contributed by atoms with E-state index in [1.807, 2.05) is 51.1 Å². The number of hydrogen-bond donors (Lipinski definition) is 3. The summed E-state index contributed by atoms with van der Waals surface area (Å²) in [6.45, 7) is 6.21. The Morgan fingerprint density at radius 1 is 1.24 bits per heavy atom. The first-order valence-electron chi connectivity index (χ1n) is 7.13. The SMILES string of the molecule is CC(CNC(=O)NC(C)(C)CCC(=O)O)c1ccccc1. The van der Waals surface area contributed by atoms with Crippen molar-refractivity contribution in [2.45, 2.75) is 45.1 Å². The van der Waals surface area contributed by atoms with E-state index in [1.165, 1.54) is 5.56 Å². The number of hydrogen-bond acceptors (Lipinski definition) is 2. The van der Waals surface area contributed by atoms with Crippen LogP contribution in [0.3, 0.4) is 0 Å². The molecule has 2 amide bonds. The van der Waals surface area contributed by atoms with E-state index in [0.717, 1.165) is 0 Å². The minimum atomic E-state index is -0.858. The Kier molecular flexibility index (Phi) is 6.21. The van der Waals surface area contributed by atoms with Crippen LogP contribution in [0.2, 0.25) is 0 Å². The maximum Gasteiger partial charge on any atom is 0.315 e. The zero-order valence-electron chi connectivity index (χ0n) is 12.8. The lowest BCUT2D eigenvalue weighted by molar-refractivity contribution is -0.137. The van der Waals surface area contributed by atoms with Crippen molar-refractivity contribution in [1.82, 2.24) is 10.6 Å². The fraction of sp³-hybridized carbons (Fsp3) is 0.500. The van der Waals surface area contributed by atoms with E-state index in [4.69, 9.17) is 5.11 Å². The van der Waals surface area contributed by atoms with Gasteiger partial charge in [-0.25, -0.2) is 4.79 Å². The van der Waals surface area contributed by atoms with Crippen LogP contribution >= 0.6 is 0 Å². The van der Waals surface area contributed by atoms with E-state index in [2.05, 4.69) is 10.6 Å². The summed E-state index contributed by atoms with van der Waals surface area (Å²) in [5.74, 6) is -0.637. The van der Waals surface area contributed by atoms with E-state index in [0.29, 0.717) is 13.0 Å². The van der Waals surface area contributed by atoms with Gasteiger partial charge in [-0.3, -0.25) is 4.79 Å². The molecule has 0 bridgehead atoms. The van der Waals surface area contributed by atoms with Crippen molar-refractivity contribution in [3.05, 3.63) is 35.9 Å². The number of carboxylic acids is 1. The zero-order valence-corrected chi connectivity index (χ0v) is 12.8. The van der Waals surface area contributed by atoms with Gasteiger partial charge in [0.15, 0.2) is 0 Å². The lowest BCUT2D eigenvalue weighted by Crippen LogP contribution is -2.49. The summed E-state index contributed by atoms with van der Waals surface area (Å²) in [6.07, 6.45) is 0.428. The lowest BCUT2D eigenvalue weighted by atomic mass is 9.98. The summed E-state index contributed by atoms with van der Waals surface area (Å²) in [5.41, 5.74) is 0.626. The van der Waals surface area contributed by atoms with E-state index < -0.39 is 11.5 Å². The molecule has 0 spiro atoms. The molecular weight excluding hydrogens is 268 g/mol. The molecule has 0 aliphatic rings. The molecule has 0 radical (unpaired) electrons. The molecule has 3 N–H and O–H groups in total. The number of rotatable bonds is 7. The molecule has 1 atom stereocenters. The first kappa shape index (κ1) is 17.0. The van der Waals surface area contributed by atoms with Gasteiger partial charge in [-0.05, 0) is 31.7 Å². The smallest absolute Gasteiger partial charge is 0.315 e. The van der Waals surface area contributed by atoms with Crippen molar-refractivity contribution >= 4 is 12.0 Å². The number of carbonyl (C=O) groups is 2. The van der Waals surface area contributed by atoms with Crippen molar-refractivity contribution in [3.63, 3.8) is 0 Å². The van der Waals surface area contributed by atoms with E-state index in [1.54, 1.807) is 0 Å². The third-order valence-corrected chi connectivity index (χ3v) is 3.35. The van der Waals surface area contributed by atoms with Crippen LogP contribution in [0.25, 0.3) is 0 Å². The Hall–Kier alpha value is -2.04. The van der Waals surface area contributed by atoms with Gasteiger partial charge in [-0.15, -0.1) is 0 Å². The van der Waals surface area contributed by atoms with Gasteiger partial charge in [0.2, 0.25) is 0 Å². The highest BCUT2D eigenvalue weighted by molar-refractivity contribution is 5.75. The third kappa shape index (κ3) is 6.79. The topological polar surface area (TPSA) is 78.4 Å². The van der Waals surface area contributed by atoms with Crippen molar-refractivity contribution in [1.29, 1.82) is 0 Å². The molecule has 0 aliphatic heterocycles. The van der Waals surface area contributed by atoms with E-state index in [-0.39, 0.29) is 18.4 Å². The summed E-state index contributed by atoms with van der Waals surface area (Å²) in [7, 11) is 0. The second kappa shape index (κ2) is 7.67. The number of carboxylic acid groups (broad SMARTS) is 1. The highest BCUT2D eigenvalue weighted by Gasteiger charge is 2.21. The van der Waals surface area contributed by atoms with Crippen LogP contribution in [-0.2, 0) is 4.79 Å². The Labute approximate surface area is 125 Å². The average molecular weight is 292 g/mol. The maximum absolute atomic E-state index is 11.9. The number of urea groups is 1. The monoisotopic (exact) mass is 292 g/mol. The van der Waals surface area contributed by atoms with Crippen LogP contribution in [0.4, 0.5) is 4.79 Å². The summed E-state index contributed by atoms with van der Waals surface area (Å²) >= 11 is 0. The molecule has 1 rings (SSSR count). The molecule has 0 heterocycles. The van der Waals surface area contributed by atoms with Crippen LogP contribution in [0.5, 0.6) is 0 Å². The standard InChI is InChI=1S/C16H24N2O3/c1-12(13-7-5-4-6-8-13)11-17-15(21)18-16(2,3)10-9-14(19)20/h4-8,12H,9-11H2,1-3H3,(H,19,20)(H2,17,18,21). The predicted molar refractivity (Wildman–Crippen MR) is 82.3 cm³/mol. The van der Waals surface area contributed by atoms with E-state index in [9.17, 15) is 9.59 Å². The molecule has 5 nitrogen and oxygen atoms in total. The van der Waals surface area contributed by atoms with Crippen LogP contribution in [0, 0.1) is 0 Å². The minimum absolute atomic E-state index is 0.0354. The molecule has 0 saturated heterocycles. The molecule has 0 aromatic heterocycles. The summed E-state index contributed by atoms with van der Waals surface area (Å²) in [6, 6.07) is 9.69. The minimum Gasteiger partial charge on any atom is -0.481 e. The normalized spacial score (nSPS) is 12.5. The fourth-order valence-corrected chi connectivity index (χ4v) is 1.98. The van der Waals surface area contributed by atoms with Gasteiger partial charge in [-0.2, -0.15) is 0 Å². The van der Waals surface area contributed by atoms with Gasteiger partial charge in [0.1, 0.15) is 0 Å². The van der Waals surface area contributed by atoms with E-state index >= 15 is 0 Å². The summed E-state index contributed by atoms with van der Waals surface area (Å²) in [5, 5.41) is 14.3. The fourth-order valence-electron chi connectivity index (χ4n) is 1.98. The average Bonchev–Trinajstić information content (AvgIpc) is 2.43. The molecule has 0 fully saturated rings. The molecule has 1 unspecified atom stereocenters. The summed E-state index contributed by atoms with van der Waals surface area (Å²) < 4.78 is 0. The molecule has 1 aromatic carbocycles. The zero-order chi connectivity index (χ0) is 15.9. The Morgan fingerprint density at radius 2 is 1.86 bits per heavy atom. The second-order valence-corrected chi connectivity index (χ2v) is 5.92. The van der Waals surface area contributed by atoms with Crippen molar-refractivity contribution in [3.8, 4) is 0 Å². The van der Waals surface area contributed by atoms with Crippen molar-refractivity contribution in [2.24, 2.45) is 0 Å². The van der Waals surface area contributed by atoms with Crippen LogP contribution in [-0.4, -0.2) is 29.2 Å². The quantitative estimate of drug-likeness (QED) is 0.723. The van der Waals surface area contributed by atoms with Crippen LogP contribution < -0.4 is 10.6 Å². The predicted octanol–water partition coefficient (Wildman–Crippen LogP) is 2.73. The van der Waals surface area contributed by atoms with Gasteiger partial charge in [0.05, 0.1) is 0 Å². The number of amides is 2. The molecule has 5 heteroatoms. The molecule has 1 aromatic rings. The van der Waals surface area contributed by atoms with Crippen LogP contribution in [0.15, 0.2) is 30.3 Å². The largest absolute Gasteiger partial charge is 0.481 e. The highest BCUT2D eigenvalue weighted by atomic mass is 16.4. The molecule has 116 valence electrons. The second-order valence-electron chi connectivity index (χ2n) is 5.92. The highest BCUT2D eigenvalue weighted by Crippen LogP contribution is 2.14. The van der Waals surface area contributed by atoms with Gasteiger partial charge >= 0.3 is 12.0 Å². The number of nitrogens with one attached hydrogen (secondary N) is 2. The Bertz CT molecular complexity index is 472. The van der Waals surface area contributed by atoms with Crippen molar-refractivity contribution < 1.29 is 14.7 Å². The number of aliphatic carboxylic acids is 1. The van der Waals surface area contributed by atoms with Gasteiger partial charge in [0.25, 0.3) is 0 Å². The molecule has 0 saturated carbocycles. The third-order valence-electron chi connectivity index (χ3n) is 3.35. The summed E-state index contributed by atoms with van der Waals surface area (Å²) in [4.78, 5) is 22.4. The maximum atomic E-state index is 11.9. The Morgan fingerprint density at radius 3 is 2.43 bits per heavy atom. The Balaban J connectivity index is 2.38. The van der Waals surface area contributed by atoms with Crippen molar-refractivity contribution in [2.75, 3.05) is 6.54 Å². The first-order chi connectivity index (χ1) is 9.80. The molecular formula is C16H24N2O3. The van der Waals surface area contributed by atoms with Crippen LogP contribution in [0.1, 0.15) is 45.1 Å². The number of benzene rings is 1.